The molecule has 0 radical (unpaired) electrons. The van der Waals surface area contributed by atoms with Crippen LogP contribution in [0.1, 0.15) is 44.6 Å². The lowest BCUT2D eigenvalue weighted by Crippen LogP contribution is -2.65. The monoisotopic (exact) mass is 403 g/mol. The number of methoxy groups -OCH3 is 1. The first-order valence-corrected chi connectivity index (χ1v) is 9.80. The molecule has 2 rings (SSSR count). The van der Waals surface area contributed by atoms with Gasteiger partial charge in [0, 0.05) is 6.42 Å². The van der Waals surface area contributed by atoms with E-state index in [-0.39, 0.29) is 12.3 Å². The Bertz CT molecular complexity index is 746. The normalized spacial score (nSPS) is 17.1. The first-order chi connectivity index (χ1) is 13.8. The summed E-state index contributed by atoms with van der Waals surface area (Å²) in [5.41, 5.74) is 9.93. The lowest BCUT2D eigenvalue weighted by Gasteiger charge is -2.31. The SMILES string of the molecule is COC(=O)C(CC(=O)NNC(=O)C(N)(C(C)=O)C1CCCC1)Cc1ccccc1. The van der Waals surface area contributed by atoms with Crippen molar-refractivity contribution < 1.29 is 23.9 Å². The van der Waals surface area contributed by atoms with E-state index in [4.69, 9.17) is 10.5 Å². The minimum absolute atomic E-state index is 0.178. The third-order valence-electron chi connectivity index (χ3n) is 5.56. The van der Waals surface area contributed by atoms with Gasteiger partial charge >= 0.3 is 5.97 Å². The third kappa shape index (κ3) is 5.63. The average molecular weight is 403 g/mol. The number of hydrazine groups is 1. The fourth-order valence-electron chi connectivity index (χ4n) is 3.82. The lowest BCUT2D eigenvalue weighted by molar-refractivity contribution is -0.147. The quantitative estimate of drug-likeness (QED) is 0.338. The number of ether oxygens (including phenoxy) is 1. The van der Waals surface area contributed by atoms with E-state index in [1.807, 2.05) is 30.3 Å². The Balaban J connectivity index is 1.97. The lowest BCUT2D eigenvalue weighted by atomic mass is 9.79. The third-order valence-corrected chi connectivity index (χ3v) is 5.56. The molecule has 1 aromatic carbocycles. The van der Waals surface area contributed by atoms with Crippen LogP contribution >= 0.6 is 0 Å². The average Bonchev–Trinajstić information content (AvgIpc) is 3.26. The maximum atomic E-state index is 12.6. The maximum absolute atomic E-state index is 12.6. The van der Waals surface area contributed by atoms with Crippen molar-refractivity contribution in [2.24, 2.45) is 17.6 Å². The van der Waals surface area contributed by atoms with Crippen LogP contribution < -0.4 is 16.6 Å². The van der Waals surface area contributed by atoms with Gasteiger partial charge < -0.3 is 10.5 Å². The number of hydrogen-bond donors (Lipinski definition) is 3. The van der Waals surface area contributed by atoms with Crippen molar-refractivity contribution in [3.63, 3.8) is 0 Å². The summed E-state index contributed by atoms with van der Waals surface area (Å²) in [6.07, 6.45) is 3.36. The van der Waals surface area contributed by atoms with Crippen LogP contribution in [0, 0.1) is 11.8 Å². The van der Waals surface area contributed by atoms with Crippen LogP contribution in [0.2, 0.25) is 0 Å². The highest BCUT2D eigenvalue weighted by Gasteiger charge is 2.47. The zero-order valence-electron chi connectivity index (χ0n) is 16.9. The summed E-state index contributed by atoms with van der Waals surface area (Å²) in [6, 6.07) is 9.25. The molecule has 1 aliphatic carbocycles. The van der Waals surface area contributed by atoms with Crippen molar-refractivity contribution in [1.82, 2.24) is 10.9 Å². The van der Waals surface area contributed by atoms with Gasteiger partial charge in [-0.3, -0.25) is 30.0 Å². The maximum Gasteiger partial charge on any atom is 0.309 e. The van der Waals surface area contributed by atoms with Gasteiger partial charge in [-0.1, -0.05) is 43.2 Å². The highest BCUT2D eigenvalue weighted by atomic mass is 16.5. The fourth-order valence-corrected chi connectivity index (χ4v) is 3.82. The molecule has 2 unspecified atom stereocenters. The van der Waals surface area contributed by atoms with Crippen molar-refractivity contribution in [3.8, 4) is 0 Å². The van der Waals surface area contributed by atoms with E-state index in [0.717, 1.165) is 18.4 Å². The predicted molar refractivity (Wildman–Crippen MR) is 106 cm³/mol. The molecule has 2 atom stereocenters. The Hall–Kier alpha value is -2.74. The highest BCUT2D eigenvalue weighted by molar-refractivity contribution is 6.10. The van der Waals surface area contributed by atoms with Crippen LogP contribution in [-0.4, -0.2) is 36.2 Å². The van der Waals surface area contributed by atoms with Gasteiger partial charge in [0.2, 0.25) is 5.91 Å². The van der Waals surface area contributed by atoms with Crippen LogP contribution in [0.5, 0.6) is 0 Å². The molecule has 1 aliphatic rings. The molecule has 1 aromatic rings. The van der Waals surface area contributed by atoms with Gasteiger partial charge in [-0.25, -0.2) is 0 Å². The molecule has 0 heterocycles. The number of nitrogens with one attached hydrogen (secondary N) is 2. The number of benzene rings is 1. The predicted octanol–water partition coefficient (Wildman–Crippen LogP) is 1.03. The second kappa shape index (κ2) is 10.2. The number of nitrogens with two attached hydrogens (primary N) is 1. The molecule has 0 spiro atoms. The molecule has 4 N–H and O–H groups in total. The Kier molecular flexibility index (Phi) is 7.90. The van der Waals surface area contributed by atoms with E-state index in [0.29, 0.717) is 19.3 Å². The number of ketones is 1. The number of carbonyl (C=O) groups is 4. The molecule has 0 aliphatic heterocycles. The van der Waals surface area contributed by atoms with Gasteiger partial charge in [-0.05, 0) is 37.7 Å². The summed E-state index contributed by atoms with van der Waals surface area (Å²) in [5.74, 6) is -3.21. The van der Waals surface area contributed by atoms with E-state index in [9.17, 15) is 19.2 Å². The van der Waals surface area contributed by atoms with Gasteiger partial charge in [0.1, 0.15) is 0 Å². The van der Waals surface area contributed by atoms with E-state index in [1.54, 1.807) is 0 Å². The Labute approximate surface area is 170 Å². The van der Waals surface area contributed by atoms with Gasteiger partial charge in [0.25, 0.3) is 5.91 Å². The molecule has 2 amide bonds. The number of Topliss-reactive ketones (excluding diaryl/α,β-unsaturated/α-hetero) is 1. The van der Waals surface area contributed by atoms with Crippen LogP contribution in [0.25, 0.3) is 0 Å². The van der Waals surface area contributed by atoms with Gasteiger partial charge in [0.05, 0.1) is 13.0 Å². The van der Waals surface area contributed by atoms with Crippen LogP contribution in [0.4, 0.5) is 0 Å². The molecular formula is C21H29N3O5. The number of hydrogen-bond acceptors (Lipinski definition) is 6. The molecule has 29 heavy (non-hydrogen) atoms. The summed E-state index contributed by atoms with van der Waals surface area (Å²) in [7, 11) is 1.26. The number of carbonyl (C=O) groups excluding carboxylic acids is 4. The van der Waals surface area contributed by atoms with Crippen LogP contribution in [-0.2, 0) is 30.3 Å². The van der Waals surface area contributed by atoms with Gasteiger partial charge in [-0.2, -0.15) is 0 Å². The molecular weight excluding hydrogens is 374 g/mol. The molecule has 1 saturated carbocycles. The summed E-state index contributed by atoms with van der Waals surface area (Å²) in [6.45, 7) is 1.28. The zero-order valence-corrected chi connectivity index (χ0v) is 16.9. The van der Waals surface area contributed by atoms with Gasteiger partial charge in [-0.15, -0.1) is 0 Å². The highest BCUT2D eigenvalue weighted by Crippen LogP contribution is 2.33. The summed E-state index contributed by atoms with van der Waals surface area (Å²) < 4.78 is 4.79. The first-order valence-electron chi connectivity index (χ1n) is 9.80. The summed E-state index contributed by atoms with van der Waals surface area (Å²) >= 11 is 0. The molecule has 0 saturated heterocycles. The minimum Gasteiger partial charge on any atom is -0.469 e. The van der Waals surface area contributed by atoms with Crippen molar-refractivity contribution in [2.45, 2.75) is 51.0 Å². The van der Waals surface area contributed by atoms with E-state index in [1.165, 1.54) is 14.0 Å². The molecule has 8 nitrogen and oxygen atoms in total. The topological polar surface area (TPSA) is 128 Å². The van der Waals surface area contributed by atoms with E-state index in [2.05, 4.69) is 10.9 Å². The Morgan fingerprint density at radius 2 is 1.76 bits per heavy atom. The van der Waals surface area contributed by atoms with Gasteiger partial charge in [0.15, 0.2) is 11.3 Å². The van der Waals surface area contributed by atoms with Crippen molar-refractivity contribution in [1.29, 1.82) is 0 Å². The molecule has 158 valence electrons. The second-order valence-electron chi connectivity index (χ2n) is 7.52. The molecule has 0 aromatic heterocycles. The summed E-state index contributed by atoms with van der Waals surface area (Å²) in [4.78, 5) is 49.1. The number of amides is 2. The minimum atomic E-state index is -1.67. The second-order valence-corrected chi connectivity index (χ2v) is 7.52. The summed E-state index contributed by atoms with van der Waals surface area (Å²) in [5, 5.41) is 0. The number of esters is 1. The van der Waals surface area contributed by atoms with Crippen LogP contribution in [0.15, 0.2) is 30.3 Å². The fraction of sp³-hybridized carbons (Fsp3) is 0.524. The molecule has 0 bridgehead atoms. The Morgan fingerprint density at radius 3 is 2.31 bits per heavy atom. The van der Waals surface area contributed by atoms with Crippen molar-refractivity contribution in [3.05, 3.63) is 35.9 Å². The van der Waals surface area contributed by atoms with E-state index >= 15 is 0 Å². The first kappa shape index (κ1) is 22.5. The van der Waals surface area contributed by atoms with Crippen LogP contribution in [0.3, 0.4) is 0 Å². The van der Waals surface area contributed by atoms with E-state index < -0.39 is 35.0 Å². The molecule has 8 heteroatoms. The Morgan fingerprint density at radius 1 is 1.14 bits per heavy atom. The smallest absolute Gasteiger partial charge is 0.309 e. The van der Waals surface area contributed by atoms with Crippen molar-refractivity contribution in [2.75, 3.05) is 7.11 Å². The zero-order chi connectivity index (χ0) is 21.4. The van der Waals surface area contributed by atoms with Crippen molar-refractivity contribution >= 4 is 23.6 Å². The molecule has 1 fully saturated rings. The number of rotatable bonds is 8. The largest absolute Gasteiger partial charge is 0.469 e. The standard InChI is InChI=1S/C21H29N3O5/c1-14(25)21(22,17-10-6-7-11-17)20(28)24-23-18(26)13-16(19(27)29-2)12-15-8-4-3-5-9-15/h3-5,8-9,16-17H,6-7,10-13,22H2,1-2H3,(H,23,26)(H,24,28).